The van der Waals surface area contributed by atoms with Crippen molar-refractivity contribution in [2.45, 2.75) is 13.3 Å². The van der Waals surface area contributed by atoms with Gasteiger partial charge in [-0.2, -0.15) is 0 Å². The molecule has 0 aliphatic rings. The van der Waals surface area contributed by atoms with Crippen LogP contribution < -0.4 is 0 Å². The predicted octanol–water partition coefficient (Wildman–Crippen LogP) is 3.76. The number of pyridine rings is 2. The summed E-state index contributed by atoms with van der Waals surface area (Å²) in [7, 11) is 0. The SMILES string of the molecule is Cc1ccc(-c2cccc(Cc3cccc(-c4ncc[nH]4)n3)n2)[nH]1. The summed E-state index contributed by atoms with van der Waals surface area (Å²) >= 11 is 0. The summed E-state index contributed by atoms with van der Waals surface area (Å²) < 4.78 is 0. The van der Waals surface area contributed by atoms with Crippen molar-refractivity contribution in [2.24, 2.45) is 0 Å². The zero-order chi connectivity index (χ0) is 16.4. The molecule has 118 valence electrons. The summed E-state index contributed by atoms with van der Waals surface area (Å²) in [6, 6.07) is 16.1. The Hall–Kier alpha value is -3.21. The molecule has 4 aromatic rings. The van der Waals surface area contributed by atoms with Gasteiger partial charge in [-0.3, -0.25) is 4.98 Å². The fourth-order valence-electron chi connectivity index (χ4n) is 2.68. The number of imidazole rings is 1. The second-order valence-corrected chi connectivity index (χ2v) is 5.70. The highest BCUT2D eigenvalue weighted by molar-refractivity contribution is 5.55. The highest BCUT2D eigenvalue weighted by Gasteiger charge is 2.07. The Morgan fingerprint density at radius 2 is 1.62 bits per heavy atom. The summed E-state index contributed by atoms with van der Waals surface area (Å²) in [6.45, 7) is 2.04. The molecule has 0 radical (unpaired) electrons. The molecule has 0 bridgehead atoms. The van der Waals surface area contributed by atoms with E-state index in [1.807, 2.05) is 43.3 Å². The second-order valence-electron chi connectivity index (χ2n) is 5.70. The minimum absolute atomic E-state index is 0.683. The lowest BCUT2D eigenvalue weighted by Gasteiger charge is -2.05. The predicted molar refractivity (Wildman–Crippen MR) is 93.4 cm³/mol. The van der Waals surface area contributed by atoms with Crippen molar-refractivity contribution in [3.63, 3.8) is 0 Å². The normalized spacial score (nSPS) is 10.9. The van der Waals surface area contributed by atoms with E-state index in [9.17, 15) is 0 Å². The Morgan fingerprint density at radius 1 is 0.875 bits per heavy atom. The lowest BCUT2D eigenvalue weighted by molar-refractivity contribution is 1.01. The summed E-state index contributed by atoms with van der Waals surface area (Å²) in [6.07, 6.45) is 4.21. The largest absolute Gasteiger partial charge is 0.357 e. The molecule has 5 nitrogen and oxygen atoms in total. The number of nitrogens with zero attached hydrogens (tertiary/aromatic N) is 3. The van der Waals surface area contributed by atoms with E-state index in [0.717, 1.165) is 40.0 Å². The van der Waals surface area contributed by atoms with Crippen molar-refractivity contribution in [1.29, 1.82) is 0 Å². The van der Waals surface area contributed by atoms with Gasteiger partial charge in [-0.1, -0.05) is 12.1 Å². The van der Waals surface area contributed by atoms with Crippen LogP contribution >= 0.6 is 0 Å². The first kappa shape index (κ1) is 14.4. The number of aromatic nitrogens is 5. The average molecular weight is 315 g/mol. The number of hydrogen-bond donors (Lipinski definition) is 2. The monoisotopic (exact) mass is 315 g/mol. The van der Waals surface area contributed by atoms with Crippen LogP contribution in [0.1, 0.15) is 17.1 Å². The van der Waals surface area contributed by atoms with E-state index in [-0.39, 0.29) is 0 Å². The van der Waals surface area contributed by atoms with Gasteiger partial charge in [-0.15, -0.1) is 0 Å². The molecule has 0 atom stereocenters. The first-order valence-electron chi connectivity index (χ1n) is 7.85. The molecule has 5 heteroatoms. The molecule has 0 fully saturated rings. The van der Waals surface area contributed by atoms with Crippen molar-refractivity contribution < 1.29 is 0 Å². The fourth-order valence-corrected chi connectivity index (χ4v) is 2.68. The number of H-pyrrole nitrogens is 2. The van der Waals surface area contributed by atoms with Crippen LogP contribution in [0.25, 0.3) is 22.9 Å². The number of aryl methyl sites for hydroxylation is 1. The van der Waals surface area contributed by atoms with Crippen LogP contribution in [0.5, 0.6) is 0 Å². The van der Waals surface area contributed by atoms with Crippen LogP contribution in [0, 0.1) is 6.92 Å². The quantitative estimate of drug-likeness (QED) is 0.602. The maximum Gasteiger partial charge on any atom is 0.155 e. The molecule has 4 rings (SSSR count). The third-order valence-electron chi connectivity index (χ3n) is 3.82. The maximum absolute atomic E-state index is 4.75. The maximum atomic E-state index is 4.75. The van der Waals surface area contributed by atoms with Crippen LogP contribution in [-0.4, -0.2) is 24.9 Å². The molecule has 0 aliphatic carbocycles. The standard InChI is InChI=1S/C19H17N5/c1-13-8-9-17(22-13)16-6-2-4-14(23-16)12-15-5-3-7-18(24-15)19-20-10-11-21-19/h2-11,22H,12H2,1H3,(H,20,21). The Morgan fingerprint density at radius 3 is 2.29 bits per heavy atom. The second kappa shape index (κ2) is 6.12. The highest BCUT2D eigenvalue weighted by Crippen LogP contribution is 2.18. The summed E-state index contributed by atoms with van der Waals surface area (Å²) in [5, 5.41) is 0. The molecule has 4 aromatic heterocycles. The van der Waals surface area contributed by atoms with Crippen LogP contribution in [0.2, 0.25) is 0 Å². The van der Waals surface area contributed by atoms with E-state index >= 15 is 0 Å². The minimum Gasteiger partial charge on any atom is -0.357 e. The number of hydrogen-bond acceptors (Lipinski definition) is 3. The van der Waals surface area contributed by atoms with Gasteiger partial charge < -0.3 is 9.97 Å². The lowest BCUT2D eigenvalue weighted by Crippen LogP contribution is -1.98. The van der Waals surface area contributed by atoms with Crippen LogP contribution in [0.15, 0.2) is 60.9 Å². The van der Waals surface area contributed by atoms with Gasteiger partial charge in [-0.05, 0) is 43.3 Å². The van der Waals surface area contributed by atoms with Gasteiger partial charge in [0.05, 0.1) is 11.4 Å². The molecule has 0 unspecified atom stereocenters. The molecule has 0 aliphatic heterocycles. The van der Waals surface area contributed by atoms with E-state index in [1.165, 1.54) is 0 Å². The molecular formula is C19H17N5. The summed E-state index contributed by atoms with van der Waals surface area (Å²) in [5.41, 5.74) is 5.91. The van der Waals surface area contributed by atoms with Gasteiger partial charge in [-0.25, -0.2) is 9.97 Å². The highest BCUT2D eigenvalue weighted by atomic mass is 14.9. The zero-order valence-electron chi connectivity index (χ0n) is 13.3. The molecule has 0 amide bonds. The molecule has 0 saturated heterocycles. The third kappa shape index (κ3) is 2.96. The average Bonchev–Trinajstić information content (AvgIpc) is 3.27. The summed E-state index contributed by atoms with van der Waals surface area (Å²) in [5.74, 6) is 0.778. The Balaban J connectivity index is 1.61. The van der Waals surface area contributed by atoms with Crippen LogP contribution in [-0.2, 0) is 6.42 Å². The van der Waals surface area contributed by atoms with Crippen molar-refractivity contribution in [2.75, 3.05) is 0 Å². The van der Waals surface area contributed by atoms with Crippen molar-refractivity contribution in [3.8, 4) is 22.9 Å². The molecule has 0 aromatic carbocycles. The van der Waals surface area contributed by atoms with E-state index < -0.39 is 0 Å². The van der Waals surface area contributed by atoms with Gasteiger partial charge >= 0.3 is 0 Å². The molecular weight excluding hydrogens is 298 g/mol. The van der Waals surface area contributed by atoms with Gasteiger partial charge in [0.25, 0.3) is 0 Å². The van der Waals surface area contributed by atoms with Gasteiger partial charge in [0.15, 0.2) is 5.82 Å². The van der Waals surface area contributed by atoms with E-state index in [2.05, 4.69) is 32.1 Å². The van der Waals surface area contributed by atoms with Crippen molar-refractivity contribution >= 4 is 0 Å². The fraction of sp³-hybridized carbons (Fsp3) is 0.105. The topological polar surface area (TPSA) is 70.2 Å². The van der Waals surface area contributed by atoms with Gasteiger partial charge in [0.1, 0.15) is 5.69 Å². The Labute approximate surface area is 139 Å². The Bertz CT molecular complexity index is 953. The number of nitrogens with one attached hydrogen (secondary N) is 2. The molecule has 0 saturated carbocycles. The Kier molecular flexibility index (Phi) is 3.67. The van der Waals surface area contributed by atoms with Crippen LogP contribution in [0.4, 0.5) is 0 Å². The van der Waals surface area contributed by atoms with Crippen molar-refractivity contribution in [1.82, 2.24) is 24.9 Å². The number of aromatic amines is 2. The molecule has 0 spiro atoms. The molecule has 24 heavy (non-hydrogen) atoms. The van der Waals surface area contributed by atoms with Crippen LogP contribution in [0.3, 0.4) is 0 Å². The smallest absolute Gasteiger partial charge is 0.155 e. The molecule has 4 heterocycles. The van der Waals surface area contributed by atoms with Gasteiger partial charge in [0, 0.05) is 35.9 Å². The van der Waals surface area contributed by atoms with E-state index in [1.54, 1.807) is 12.4 Å². The zero-order valence-corrected chi connectivity index (χ0v) is 13.3. The number of rotatable bonds is 4. The molecule has 2 N–H and O–H groups in total. The first-order valence-corrected chi connectivity index (χ1v) is 7.85. The third-order valence-corrected chi connectivity index (χ3v) is 3.82. The van der Waals surface area contributed by atoms with E-state index in [4.69, 9.17) is 4.98 Å². The lowest BCUT2D eigenvalue weighted by atomic mass is 10.1. The minimum atomic E-state index is 0.683. The summed E-state index contributed by atoms with van der Waals surface area (Å²) in [4.78, 5) is 20.1. The van der Waals surface area contributed by atoms with Gasteiger partial charge in [0.2, 0.25) is 0 Å². The van der Waals surface area contributed by atoms with Crippen molar-refractivity contribution in [3.05, 3.63) is 78.0 Å². The first-order chi connectivity index (χ1) is 11.8. The van der Waals surface area contributed by atoms with E-state index in [0.29, 0.717) is 6.42 Å².